The van der Waals surface area contributed by atoms with Crippen LogP contribution in [0.4, 0.5) is 0 Å². The first-order valence-corrected chi connectivity index (χ1v) is 15.4. The minimum Gasteiger partial charge on any atom is -0.149 e. The Morgan fingerprint density at radius 1 is 0.342 bits per heavy atom. The van der Waals surface area contributed by atoms with Crippen LogP contribution in [0, 0.1) is 0 Å². The maximum absolute atomic E-state index is 2.35. The lowest BCUT2D eigenvalue weighted by atomic mass is 10.00. The van der Waals surface area contributed by atoms with E-state index in [9.17, 15) is 0 Å². The van der Waals surface area contributed by atoms with Crippen molar-refractivity contribution in [3.8, 4) is 0 Å². The van der Waals surface area contributed by atoms with Crippen molar-refractivity contribution in [1.82, 2.24) is 0 Å². The van der Waals surface area contributed by atoms with Crippen LogP contribution in [0.15, 0.2) is 146 Å². The van der Waals surface area contributed by atoms with Gasteiger partial charge < -0.3 is 0 Å². The molecular formula is C36H34S2. The van der Waals surface area contributed by atoms with E-state index in [1.54, 1.807) is 0 Å². The summed E-state index contributed by atoms with van der Waals surface area (Å²) < 4.78 is 0. The molecule has 0 aromatic heterocycles. The first-order chi connectivity index (χ1) is 18.8. The molecule has 2 heteroatoms. The molecule has 5 aromatic carbocycles. The first kappa shape index (κ1) is 26.4. The summed E-state index contributed by atoms with van der Waals surface area (Å²) in [6.45, 7) is 0. The Balaban J connectivity index is 1.27. The Labute approximate surface area is 236 Å². The lowest BCUT2D eigenvalue weighted by Gasteiger charge is -2.19. The second-order valence-electron chi connectivity index (χ2n) is 9.62. The molecule has 38 heavy (non-hydrogen) atoms. The van der Waals surface area contributed by atoms with Crippen LogP contribution in [0.1, 0.15) is 43.9 Å². The van der Waals surface area contributed by atoms with Crippen LogP contribution in [-0.4, -0.2) is 0 Å². The van der Waals surface area contributed by atoms with Crippen molar-refractivity contribution in [2.45, 2.75) is 34.8 Å². The Hall–Kier alpha value is -3.20. The molecule has 0 N–H and O–H groups in total. The van der Waals surface area contributed by atoms with Crippen molar-refractivity contribution in [2.24, 2.45) is 0 Å². The summed E-state index contributed by atoms with van der Waals surface area (Å²) in [5.41, 5.74) is 8.37. The van der Waals surface area contributed by atoms with Crippen LogP contribution in [0.5, 0.6) is 0 Å². The van der Waals surface area contributed by atoms with Crippen molar-refractivity contribution in [3.05, 3.63) is 179 Å². The van der Waals surface area contributed by atoms with Gasteiger partial charge in [-0.25, -0.2) is 0 Å². The minimum absolute atomic E-state index is 0.431. The Morgan fingerprint density at radius 3 is 1.00 bits per heavy atom. The maximum Gasteiger partial charge on any atom is 0.0340 e. The molecule has 0 aliphatic carbocycles. The van der Waals surface area contributed by atoms with Crippen molar-refractivity contribution in [2.75, 3.05) is 0 Å². The summed E-state index contributed by atoms with van der Waals surface area (Å²) in [5, 5.41) is 0.863. The molecule has 0 spiro atoms. The van der Waals surface area contributed by atoms with Crippen LogP contribution >= 0.6 is 23.5 Å². The fraction of sp³-hybridized carbons (Fsp3) is 0.167. The van der Waals surface area contributed by atoms with Gasteiger partial charge in [0.1, 0.15) is 0 Å². The molecule has 0 saturated heterocycles. The number of rotatable bonds is 12. The molecule has 0 nitrogen and oxygen atoms in total. The van der Waals surface area contributed by atoms with E-state index in [1.165, 1.54) is 33.4 Å². The van der Waals surface area contributed by atoms with E-state index in [4.69, 9.17) is 0 Å². The highest BCUT2D eigenvalue weighted by atomic mass is 32.2. The van der Waals surface area contributed by atoms with E-state index < -0.39 is 0 Å². The second kappa shape index (κ2) is 14.1. The molecule has 190 valence electrons. The lowest BCUT2D eigenvalue weighted by Crippen LogP contribution is -2.02. The molecule has 0 aliphatic heterocycles. The summed E-state index contributed by atoms with van der Waals surface area (Å²) in [7, 11) is 0. The molecule has 0 amide bonds. The van der Waals surface area contributed by atoms with Gasteiger partial charge in [0.05, 0.1) is 0 Å². The standard InChI is InChI=1S/C36H34S2/c1-5-13-31(14-6-1)27-37-35(33-17-9-3-10-18-33)25-29-21-23-30(24-22-29)26-36(34-19-11-4-12-20-34)38-28-32-15-7-2-8-16-32/h1-24,35-36H,25-28H2. The fourth-order valence-electron chi connectivity index (χ4n) is 4.66. The third-order valence-electron chi connectivity index (χ3n) is 6.80. The summed E-state index contributed by atoms with van der Waals surface area (Å²) >= 11 is 4.07. The van der Waals surface area contributed by atoms with E-state index in [1.807, 2.05) is 23.5 Å². The number of thioether (sulfide) groups is 2. The van der Waals surface area contributed by atoms with Gasteiger partial charge in [-0.2, -0.15) is 0 Å². The number of hydrogen-bond donors (Lipinski definition) is 0. The zero-order valence-electron chi connectivity index (χ0n) is 21.7. The Kier molecular flexibility index (Phi) is 9.79. The van der Waals surface area contributed by atoms with Gasteiger partial charge in [-0.3, -0.25) is 0 Å². The normalized spacial score (nSPS) is 12.6. The zero-order valence-corrected chi connectivity index (χ0v) is 23.3. The van der Waals surface area contributed by atoms with Gasteiger partial charge in [0, 0.05) is 22.0 Å². The van der Waals surface area contributed by atoms with Crippen LogP contribution in [-0.2, 0) is 24.3 Å². The highest BCUT2D eigenvalue weighted by molar-refractivity contribution is 7.99. The Bertz CT molecular complexity index is 1230. The van der Waals surface area contributed by atoms with Gasteiger partial charge in [-0.05, 0) is 46.2 Å². The van der Waals surface area contributed by atoms with E-state index in [0.29, 0.717) is 10.5 Å². The largest absolute Gasteiger partial charge is 0.149 e. The monoisotopic (exact) mass is 530 g/mol. The van der Waals surface area contributed by atoms with Crippen molar-refractivity contribution in [3.63, 3.8) is 0 Å². The van der Waals surface area contributed by atoms with Crippen LogP contribution in [0.2, 0.25) is 0 Å². The average Bonchev–Trinajstić information content (AvgIpc) is 3.00. The first-order valence-electron chi connectivity index (χ1n) is 13.3. The molecule has 0 fully saturated rings. The van der Waals surface area contributed by atoms with Crippen molar-refractivity contribution >= 4 is 23.5 Å². The van der Waals surface area contributed by atoms with Crippen LogP contribution in [0.3, 0.4) is 0 Å². The smallest absolute Gasteiger partial charge is 0.0340 e. The van der Waals surface area contributed by atoms with E-state index in [2.05, 4.69) is 146 Å². The summed E-state index contributed by atoms with van der Waals surface area (Å²) in [5.74, 6) is 2.05. The Morgan fingerprint density at radius 2 is 0.658 bits per heavy atom. The van der Waals surface area contributed by atoms with Gasteiger partial charge in [-0.15, -0.1) is 23.5 Å². The van der Waals surface area contributed by atoms with Gasteiger partial charge in [0.15, 0.2) is 0 Å². The van der Waals surface area contributed by atoms with Gasteiger partial charge in [0.25, 0.3) is 0 Å². The molecule has 2 unspecified atom stereocenters. The third kappa shape index (κ3) is 7.90. The van der Waals surface area contributed by atoms with E-state index >= 15 is 0 Å². The number of hydrogen-bond acceptors (Lipinski definition) is 2. The molecule has 0 bridgehead atoms. The molecule has 5 aromatic rings. The fourth-order valence-corrected chi connectivity index (χ4v) is 7.16. The average molecular weight is 531 g/mol. The van der Waals surface area contributed by atoms with Crippen molar-refractivity contribution in [1.29, 1.82) is 0 Å². The van der Waals surface area contributed by atoms with Crippen LogP contribution in [0.25, 0.3) is 0 Å². The van der Waals surface area contributed by atoms with Gasteiger partial charge in [-0.1, -0.05) is 146 Å². The molecule has 0 heterocycles. The molecule has 0 aliphatic rings. The topological polar surface area (TPSA) is 0 Å². The minimum atomic E-state index is 0.431. The SMILES string of the molecule is c1ccc(CSC(Cc2ccc(CC(SCc3ccccc3)c3ccccc3)cc2)c2ccccc2)cc1. The van der Waals surface area contributed by atoms with Crippen molar-refractivity contribution < 1.29 is 0 Å². The molecule has 0 radical (unpaired) electrons. The quantitative estimate of drug-likeness (QED) is 0.157. The zero-order chi connectivity index (χ0) is 25.8. The predicted molar refractivity (Wildman–Crippen MR) is 168 cm³/mol. The highest BCUT2D eigenvalue weighted by Gasteiger charge is 2.16. The third-order valence-corrected chi connectivity index (χ3v) is 9.48. The van der Waals surface area contributed by atoms with E-state index in [0.717, 1.165) is 24.3 Å². The highest BCUT2D eigenvalue weighted by Crippen LogP contribution is 2.36. The molecule has 2 atom stereocenters. The maximum atomic E-state index is 2.35. The predicted octanol–water partition coefficient (Wildman–Crippen LogP) is 10.1. The molecular weight excluding hydrogens is 497 g/mol. The summed E-state index contributed by atoms with van der Waals surface area (Å²) in [4.78, 5) is 0. The van der Waals surface area contributed by atoms with Gasteiger partial charge in [0.2, 0.25) is 0 Å². The summed E-state index contributed by atoms with van der Waals surface area (Å²) in [6.07, 6.45) is 2.07. The molecule has 0 saturated carbocycles. The number of benzene rings is 5. The van der Waals surface area contributed by atoms with Gasteiger partial charge >= 0.3 is 0 Å². The molecule has 5 rings (SSSR count). The van der Waals surface area contributed by atoms with Crippen LogP contribution < -0.4 is 0 Å². The van der Waals surface area contributed by atoms with E-state index in [-0.39, 0.29) is 0 Å². The lowest BCUT2D eigenvalue weighted by molar-refractivity contribution is 0.912. The second-order valence-corrected chi connectivity index (χ2v) is 12.0. The summed E-state index contributed by atoms with van der Waals surface area (Å²) in [6, 6.07) is 52.9.